The smallest absolute Gasteiger partial charge is 0.173 e. The molecule has 0 fully saturated rings. The van der Waals surface area contributed by atoms with E-state index in [-0.39, 0.29) is 6.04 Å². The van der Waals surface area contributed by atoms with Crippen LogP contribution in [0.25, 0.3) is 0 Å². The lowest BCUT2D eigenvalue weighted by atomic mass is 10.1. The van der Waals surface area contributed by atoms with E-state index in [0.717, 1.165) is 29.8 Å². The molecule has 0 aliphatic carbocycles. The van der Waals surface area contributed by atoms with Crippen LogP contribution in [0, 0.1) is 6.92 Å². The Bertz CT molecular complexity index is 696. The molecule has 4 nitrogen and oxygen atoms in total. The molecule has 2 rings (SSSR count). The number of aromatic nitrogens is 1. The lowest BCUT2D eigenvalue weighted by Crippen LogP contribution is -2.38. The Labute approximate surface area is 160 Å². The standard InChI is InChI=1S/C19H24ClN3OS/c1-14-5-6-18(17(20)13-14)22-19(25)23(11-4-12-24-3)15(2)16-7-9-21-10-8-16/h5-10,13,15H,4,11-12H2,1-3H3,(H,22,25)/t15-/m1/s1. The quantitative estimate of drug-likeness (QED) is 0.552. The van der Waals surface area contributed by atoms with Crippen molar-refractivity contribution in [3.05, 3.63) is 58.9 Å². The zero-order chi connectivity index (χ0) is 18.2. The van der Waals surface area contributed by atoms with Gasteiger partial charge in [-0.05, 0) is 67.9 Å². The van der Waals surface area contributed by atoms with Gasteiger partial charge in [-0.15, -0.1) is 0 Å². The third-order valence-corrected chi connectivity index (χ3v) is 4.68. The number of pyridine rings is 1. The monoisotopic (exact) mass is 377 g/mol. The minimum Gasteiger partial charge on any atom is -0.385 e. The van der Waals surface area contributed by atoms with E-state index >= 15 is 0 Å². The van der Waals surface area contributed by atoms with E-state index in [1.54, 1.807) is 19.5 Å². The second-order valence-electron chi connectivity index (χ2n) is 5.91. The molecule has 0 aliphatic rings. The largest absolute Gasteiger partial charge is 0.385 e. The maximum absolute atomic E-state index is 6.33. The number of halogens is 1. The zero-order valence-corrected chi connectivity index (χ0v) is 16.4. The summed E-state index contributed by atoms with van der Waals surface area (Å²) in [5, 5.41) is 4.59. The molecule has 0 aliphatic heterocycles. The molecule has 1 aromatic heterocycles. The number of rotatable bonds is 7. The van der Waals surface area contributed by atoms with Gasteiger partial charge in [0.15, 0.2) is 5.11 Å². The van der Waals surface area contributed by atoms with Crippen LogP contribution < -0.4 is 5.32 Å². The third-order valence-electron chi connectivity index (χ3n) is 4.03. The summed E-state index contributed by atoms with van der Waals surface area (Å²) < 4.78 is 5.19. The summed E-state index contributed by atoms with van der Waals surface area (Å²) in [5.41, 5.74) is 3.09. The van der Waals surface area contributed by atoms with Crippen molar-refractivity contribution >= 4 is 34.6 Å². The van der Waals surface area contributed by atoms with Gasteiger partial charge in [0.2, 0.25) is 0 Å². The highest BCUT2D eigenvalue weighted by atomic mass is 35.5. The van der Waals surface area contributed by atoms with Crippen molar-refractivity contribution in [2.24, 2.45) is 0 Å². The van der Waals surface area contributed by atoms with Crippen molar-refractivity contribution in [1.29, 1.82) is 0 Å². The highest BCUT2D eigenvalue weighted by Gasteiger charge is 2.19. The lowest BCUT2D eigenvalue weighted by molar-refractivity contribution is 0.181. The Hall–Kier alpha value is -1.69. The molecule has 0 saturated carbocycles. The number of nitrogens with zero attached hydrogens (tertiary/aromatic N) is 2. The van der Waals surface area contributed by atoms with Crippen molar-refractivity contribution in [2.45, 2.75) is 26.3 Å². The number of benzene rings is 1. The number of hydrogen-bond acceptors (Lipinski definition) is 3. The molecule has 0 unspecified atom stereocenters. The molecule has 1 heterocycles. The van der Waals surface area contributed by atoms with Crippen LogP contribution in [0.3, 0.4) is 0 Å². The molecule has 0 saturated heterocycles. The van der Waals surface area contributed by atoms with Gasteiger partial charge in [-0.3, -0.25) is 4.98 Å². The van der Waals surface area contributed by atoms with Crippen LogP contribution in [0.1, 0.15) is 30.5 Å². The fourth-order valence-electron chi connectivity index (χ4n) is 2.58. The molecule has 1 aromatic carbocycles. The first-order chi connectivity index (χ1) is 12.0. The Morgan fingerprint density at radius 1 is 1.32 bits per heavy atom. The average molecular weight is 378 g/mol. The first-order valence-electron chi connectivity index (χ1n) is 8.25. The van der Waals surface area contributed by atoms with Gasteiger partial charge in [0.1, 0.15) is 0 Å². The number of ether oxygens (including phenoxy) is 1. The summed E-state index contributed by atoms with van der Waals surface area (Å²) in [5.74, 6) is 0. The first kappa shape index (κ1) is 19.6. The van der Waals surface area contributed by atoms with Crippen LogP contribution in [0.5, 0.6) is 0 Å². The molecule has 6 heteroatoms. The third kappa shape index (κ3) is 5.66. The van der Waals surface area contributed by atoms with Gasteiger partial charge in [-0.1, -0.05) is 17.7 Å². The first-order valence-corrected chi connectivity index (χ1v) is 9.04. The number of aryl methyl sites for hydroxylation is 1. The maximum atomic E-state index is 6.33. The Morgan fingerprint density at radius 2 is 2.04 bits per heavy atom. The second-order valence-corrected chi connectivity index (χ2v) is 6.70. The predicted molar refractivity (Wildman–Crippen MR) is 108 cm³/mol. The number of thiocarbonyl (C=S) groups is 1. The van der Waals surface area contributed by atoms with Crippen LogP contribution in [0.15, 0.2) is 42.7 Å². The zero-order valence-electron chi connectivity index (χ0n) is 14.8. The summed E-state index contributed by atoms with van der Waals surface area (Å²) in [7, 11) is 1.71. The van der Waals surface area contributed by atoms with Crippen molar-refractivity contribution in [3.8, 4) is 0 Å². The summed E-state index contributed by atoms with van der Waals surface area (Å²) in [6, 6.07) is 10.0. The van der Waals surface area contributed by atoms with E-state index in [1.807, 2.05) is 37.3 Å². The molecule has 2 aromatic rings. The van der Waals surface area contributed by atoms with Crippen molar-refractivity contribution in [1.82, 2.24) is 9.88 Å². The van der Waals surface area contributed by atoms with E-state index in [2.05, 4.69) is 22.1 Å². The summed E-state index contributed by atoms with van der Waals surface area (Å²) in [4.78, 5) is 6.24. The van der Waals surface area contributed by atoms with E-state index in [9.17, 15) is 0 Å². The molecule has 1 atom stereocenters. The van der Waals surface area contributed by atoms with Gasteiger partial charge < -0.3 is 15.0 Å². The summed E-state index contributed by atoms with van der Waals surface area (Å²) in [6.07, 6.45) is 4.48. The van der Waals surface area contributed by atoms with E-state index in [0.29, 0.717) is 16.7 Å². The summed E-state index contributed by atoms with van der Waals surface area (Å²) in [6.45, 7) is 5.61. The van der Waals surface area contributed by atoms with E-state index in [1.165, 1.54) is 0 Å². The van der Waals surface area contributed by atoms with E-state index in [4.69, 9.17) is 28.6 Å². The molecule has 0 radical (unpaired) electrons. The fourth-order valence-corrected chi connectivity index (χ4v) is 3.22. The maximum Gasteiger partial charge on any atom is 0.173 e. The van der Waals surface area contributed by atoms with Crippen LogP contribution >= 0.6 is 23.8 Å². The highest BCUT2D eigenvalue weighted by molar-refractivity contribution is 7.80. The molecule has 134 valence electrons. The number of hydrogen-bond donors (Lipinski definition) is 1. The normalized spacial score (nSPS) is 11.8. The molecule has 1 N–H and O–H groups in total. The lowest BCUT2D eigenvalue weighted by Gasteiger charge is -2.32. The van der Waals surface area contributed by atoms with E-state index < -0.39 is 0 Å². The minimum absolute atomic E-state index is 0.115. The minimum atomic E-state index is 0.115. The number of nitrogens with one attached hydrogen (secondary N) is 1. The topological polar surface area (TPSA) is 37.4 Å². The highest BCUT2D eigenvalue weighted by Crippen LogP contribution is 2.25. The van der Waals surface area contributed by atoms with Gasteiger partial charge in [0.05, 0.1) is 16.8 Å². The molecular weight excluding hydrogens is 354 g/mol. The Kier molecular flexibility index (Phi) is 7.62. The second kappa shape index (κ2) is 9.70. The van der Waals surface area contributed by atoms with Crippen LogP contribution in [-0.4, -0.2) is 35.3 Å². The molecule has 25 heavy (non-hydrogen) atoms. The number of anilines is 1. The van der Waals surface area contributed by atoms with Gasteiger partial charge >= 0.3 is 0 Å². The van der Waals surface area contributed by atoms with Gasteiger partial charge in [0, 0.05) is 32.7 Å². The Balaban J connectivity index is 2.17. The van der Waals surface area contributed by atoms with Crippen molar-refractivity contribution in [3.63, 3.8) is 0 Å². The fraction of sp³-hybridized carbons (Fsp3) is 0.368. The predicted octanol–water partition coefficient (Wildman–Crippen LogP) is 4.84. The number of methoxy groups -OCH3 is 1. The molecule has 0 bridgehead atoms. The average Bonchev–Trinajstić information content (AvgIpc) is 2.61. The van der Waals surface area contributed by atoms with Crippen molar-refractivity contribution in [2.75, 3.05) is 25.6 Å². The SMILES string of the molecule is COCCCN(C(=S)Nc1ccc(C)cc1Cl)[C@H](C)c1ccncc1. The van der Waals surface area contributed by atoms with Crippen LogP contribution in [0.2, 0.25) is 5.02 Å². The van der Waals surface area contributed by atoms with Gasteiger partial charge in [0.25, 0.3) is 0 Å². The molecule has 0 amide bonds. The van der Waals surface area contributed by atoms with Crippen molar-refractivity contribution < 1.29 is 4.74 Å². The molecule has 0 spiro atoms. The van der Waals surface area contributed by atoms with Gasteiger partial charge in [-0.25, -0.2) is 0 Å². The molecular formula is C19H24ClN3OS. The summed E-state index contributed by atoms with van der Waals surface area (Å²) >= 11 is 12.0. The van der Waals surface area contributed by atoms with Crippen LogP contribution in [0.4, 0.5) is 5.69 Å². The van der Waals surface area contributed by atoms with Gasteiger partial charge in [-0.2, -0.15) is 0 Å². The van der Waals surface area contributed by atoms with Crippen LogP contribution in [-0.2, 0) is 4.74 Å². The Morgan fingerprint density at radius 3 is 2.68 bits per heavy atom.